The van der Waals surface area contributed by atoms with E-state index in [4.69, 9.17) is 10.5 Å². The number of carbonyl (C=O) groups is 1. The number of nitrogens with two attached hydrogens (primary N) is 1. The first-order valence-electron chi connectivity index (χ1n) is 6.98. The van der Waals surface area contributed by atoms with Crippen molar-refractivity contribution in [3.05, 3.63) is 24.3 Å². The predicted octanol–water partition coefficient (Wildman–Crippen LogP) is 2.45. The fourth-order valence-corrected chi connectivity index (χ4v) is 2.80. The standard InChI is InChI=1S/C15H22N2O2S.ClH/c1-19-12-4-6-13(7-5-12)20-9-8-15(18)17-10-14(16)11-2-3-11;/h4-7,11,14H,2-3,8-10,16H2,1H3,(H,17,18);1H. The van der Waals surface area contributed by atoms with Gasteiger partial charge in [-0.25, -0.2) is 0 Å². The number of benzene rings is 1. The fourth-order valence-electron chi connectivity index (χ4n) is 1.94. The number of thioether (sulfide) groups is 1. The van der Waals surface area contributed by atoms with E-state index in [2.05, 4.69) is 5.32 Å². The molecule has 118 valence electrons. The number of hydrogen-bond acceptors (Lipinski definition) is 4. The van der Waals surface area contributed by atoms with Crippen LogP contribution in [0.1, 0.15) is 19.3 Å². The minimum atomic E-state index is 0. The van der Waals surface area contributed by atoms with Gasteiger partial charge in [-0.15, -0.1) is 24.2 Å². The molecule has 0 aliphatic heterocycles. The number of amides is 1. The molecular weight excluding hydrogens is 308 g/mol. The van der Waals surface area contributed by atoms with Crippen LogP contribution in [-0.2, 0) is 4.79 Å². The van der Waals surface area contributed by atoms with Crippen LogP contribution in [0.25, 0.3) is 0 Å². The Labute approximate surface area is 136 Å². The van der Waals surface area contributed by atoms with Crippen LogP contribution < -0.4 is 15.8 Å². The molecule has 1 saturated carbocycles. The van der Waals surface area contributed by atoms with Crippen LogP contribution in [0.3, 0.4) is 0 Å². The SMILES string of the molecule is COc1ccc(SCCC(=O)NCC(N)C2CC2)cc1.Cl. The van der Waals surface area contributed by atoms with Gasteiger partial charge in [0.15, 0.2) is 0 Å². The van der Waals surface area contributed by atoms with Crippen molar-refractivity contribution < 1.29 is 9.53 Å². The molecule has 1 aromatic carbocycles. The van der Waals surface area contributed by atoms with Gasteiger partial charge in [-0.1, -0.05) is 0 Å². The first kappa shape index (κ1) is 18.1. The number of halogens is 1. The van der Waals surface area contributed by atoms with Crippen LogP contribution in [0.2, 0.25) is 0 Å². The molecule has 3 N–H and O–H groups in total. The summed E-state index contributed by atoms with van der Waals surface area (Å²) in [6, 6.07) is 8.00. The van der Waals surface area contributed by atoms with Gasteiger partial charge in [0.2, 0.25) is 5.91 Å². The van der Waals surface area contributed by atoms with Crippen molar-refractivity contribution in [3.8, 4) is 5.75 Å². The lowest BCUT2D eigenvalue weighted by atomic mass is 10.2. The fraction of sp³-hybridized carbons (Fsp3) is 0.533. The molecule has 4 nitrogen and oxygen atoms in total. The van der Waals surface area contributed by atoms with Gasteiger partial charge in [0.1, 0.15) is 5.75 Å². The largest absolute Gasteiger partial charge is 0.497 e. The van der Waals surface area contributed by atoms with Crippen molar-refractivity contribution in [3.63, 3.8) is 0 Å². The number of ether oxygens (including phenoxy) is 1. The molecule has 1 unspecified atom stereocenters. The maximum atomic E-state index is 11.7. The van der Waals surface area contributed by atoms with E-state index in [0.29, 0.717) is 18.9 Å². The maximum Gasteiger partial charge on any atom is 0.220 e. The van der Waals surface area contributed by atoms with Crippen LogP contribution in [0.4, 0.5) is 0 Å². The van der Waals surface area contributed by atoms with E-state index in [1.807, 2.05) is 24.3 Å². The van der Waals surface area contributed by atoms with Crippen molar-refractivity contribution in [2.75, 3.05) is 19.4 Å². The Morgan fingerprint density at radius 2 is 2.10 bits per heavy atom. The average molecular weight is 331 g/mol. The molecule has 1 aromatic rings. The van der Waals surface area contributed by atoms with Crippen molar-refractivity contribution in [2.24, 2.45) is 11.7 Å². The van der Waals surface area contributed by atoms with E-state index in [-0.39, 0.29) is 24.4 Å². The van der Waals surface area contributed by atoms with Crippen LogP contribution in [0, 0.1) is 5.92 Å². The van der Waals surface area contributed by atoms with Gasteiger partial charge in [0.05, 0.1) is 7.11 Å². The second-order valence-electron chi connectivity index (χ2n) is 5.08. The summed E-state index contributed by atoms with van der Waals surface area (Å²) >= 11 is 1.67. The van der Waals surface area contributed by atoms with Crippen LogP contribution >= 0.6 is 24.2 Å². The molecule has 0 bridgehead atoms. The molecule has 1 amide bonds. The lowest BCUT2D eigenvalue weighted by Gasteiger charge is -2.11. The number of carbonyl (C=O) groups excluding carboxylic acids is 1. The minimum Gasteiger partial charge on any atom is -0.497 e. The molecule has 0 spiro atoms. The van der Waals surface area contributed by atoms with E-state index in [1.165, 1.54) is 12.8 Å². The van der Waals surface area contributed by atoms with Crippen LogP contribution in [0.15, 0.2) is 29.2 Å². The zero-order chi connectivity index (χ0) is 14.4. The first-order valence-corrected chi connectivity index (χ1v) is 7.96. The Bertz CT molecular complexity index is 438. The second kappa shape index (κ2) is 9.18. The summed E-state index contributed by atoms with van der Waals surface area (Å²) in [6.45, 7) is 0.608. The van der Waals surface area contributed by atoms with Crippen molar-refractivity contribution >= 4 is 30.1 Å². The Balaban J connectivity index is 0.00000220. The Morgan fingerprint density at radius 1 is 1.43 bits per heavy atom. The average Bonchev–Trinajstić information content (AvgIpc) is 3.30. The highest BCUT2D eigenvalue weighted by Gasteiger charge is 2.28. The molecule has 0 heterocycles. The minimum absolute atomic E-state index is 0. The number of rotatable bonds is 8. The van der Waals surface area contributed by atoms with Gasteiger partial charge in [0.25, 0.3) is 0 Å². The monoisotopic (exact) mass is 330 g/mol. The molecular formula is C15H23ClN2O2S. The third kappa shape index (κ3) is 6.59. The van der Waals surface area contributed by atoms with Crippen LogP contribution in [-0.4, -0.2) is 31.4 Å². The van der Waals surface area contributed by atoms with Crippen molar-refractivity contribution in [1.29, 1.82) is 0 Å². The van der Waals surface area contributed by atoms with Gasteiger partial charge < -0.3 is 15.8 Å². The summed E-state index contributed by atoms with van der Waals surface area (Å²) in [7, 11) is 1.65. The summed E-state index contributed by atoms with van der Waals surface area (Å²) in [6.07, 6.45) is 2.95. The van der Waals surface area contributed by atoms with E-state index in [1.54, 1.807) is 18.9 Å². The van der Waals surface area contributed by atoms with E-state index >= 15 is 0 Å². The highest BCUT2D eigenvalue weighted by molar-refractivity contribution is 7.99. The Hall–Kier alpha value is -0.910. The van der Waals surface area contributed by atoms with Crippen LogP contribution in [0.5, 0.6) is 5.75 Å². The highest BCUT2D eigenvalue weighted by Crippen LogP contribution is 2.31. The van der Waals surface area contributed by atoms with Gasteiger partial charge in [-0.3, -0.25) is 4.79 Å². The smallest absolute Gasteiger partial charge is 0.220 e. The topological polar surface area (TPSA) is 64.3 Å². The third-order valence-electron chi connectivity index (χ3n) is 3.42. The van der Waals surface area contributed by atoms with Crippen molar-refractivity contribution in [1.82, 2.24) is 5.32 Å². The number of methoxy groups -OCH3 is 1. The summed E-state index contributed by atoms with van der Waals surface area (Å²) in [4.78, 5) is 12.8. The molecule has 1 atom stereocenters. The molecule has 6 heteroatoms. The zero-order valence-electron chi connectivity index (χ0n) is 12.2. The molecule has 0 saturated heterocycles. The molecule has 21 heavy (non-hydrogen) atoms. The summed E-state index contributed by atoms with van der Waals surface area (Å²) in [5.74, 6) is 2.34. The maximum absolute atomic E-state index is 11.7. The van der Waals surface area contributed by atoms with Gasteiger partial charge in [-0.05, 0) is 43.0 Å². The first-order chi connectivity index (χ1) is 9.69. The van der Waals surface area contributed by atoms with E-state index in [9.17, 15) is 4.79 Å². The summed E-state index contributed by atoms with van der Waals surface area (Å²) < 4.78 is 5.11. The van der Waals surface area contributed by atoms with Crippen molar-refractivity contribution in [2.45, 2.75) is 30.2 Å². The lowest BCUT2D eigenvalue weighted by Crippen LogP contribution is -2.38. The molecule has 0 radical (unpaired) electrons. The third-order valence-corrected chi connectivity index (χ3v) is 4.43. The molecule has 2 rings (SSSR count). The molecule has 1 fully saturated rings. The Morgan fingerprint density at radius 3 is 2.67 bits per heavy atom. The van der Waals surface area contributed by atoms with Gasteiger partial charge >= 0.3 is 0 Å². The highest BCUT2D eigenvalue weighted by atomic mass is 35.5. The van der Waals surface area contributed by atoms with Gasteiger partial charge in [-0.2, -0.15) is 0 Å². The predicted molar refractivity (Wildman–Crippen MR) is 89.3 cm³/mol. The van der Waals surface area contributed by atoms with Gasteiger partial charge in [0, 0.05) is 29.7 Å². The van der Waals surface area contributed by atoms with E-state index in [0.717, 1.165) is 16.4 Å². The zero-order valence-corrected chi connectivity index (χ0v) is 13.8. The number of hydrogen-bond donors (Lipinski definition) is 2. The van der Waals surface area contributed by atoms with E-state index < -0.39 is 0 Å². The lowest BCUT2D eigenvalue weighted by molar-refractivity contribution is -0.120. The molecule has 1 aliphatic rings. The summed E-state index contributed by atoms with van der Waals surface area (Å²) in [5.41, 5.74) is 5.94. The summed E-state index contributed by atoms with van der Waals surface area (Å²) in [5, 5.41) is 2.91. The number of nitrogens with one attached hydrogen (secondary N) is 1. The molecule has 0 aromatic heterocycles. The normalized spacial score (nSPS) is 15.0. The Kier molecular flexibility index (Phi) is 7.93. The quantitative estimate of drug-likeness (QED) is 0.719. The second-order valence-corrected chi connectivity index (χ2v) is 6.25. The molecule has 1 aliphatic carbocycles.